The van der Waals surface area contributed by atoms with Crippen LogP contribution in [0.5, 0.6) is 0 Å². The Morgan fingerprint density at radius 2 is 1.81 bits per heavy atom. The Hall–Kier alpha value is -2.80. The molecule has 26 heavy (non-hydrogen) atoms. The second-order valence-electron chi connectivity index (χ2n) is 6.17. The molecule has 0 amide bonds. The Bertz CT molecular complexity index is 1010. The first-order valence-corrected chi connectivity index (χ1v) is 8.93. The predicted octanol–water partition coefficient (Wildman–Crippen LogP) is 3.48. The number of carbonyl (C=O) groups is 2. The Kier molecular flexibility index (Phi) is 4.38. The molecule has 2 heterocycles. The molecule has 1 fully saturated rings. The van der Waals surface area contributed by atoms with E-state index < -0.39 is 0 Å². The van der Waals surface area contributed by atoms with Crippen molar-refractivity contribution in [2.75, 3.05) is 23.3 Å². The third kappa shape index (κ3) is 3.43. The van der Waals surface area contributed by atoms with Crippen molar-refractivity contribution in [1.82, 2.24) is 9.97 Å². The summed E-state index contributed by atoms with van der Waals surface area (Å²) in [7, 11) is 0. The van der Waals surface area contributed by atoms with Gasteiger partial charge in [-0.1, -0.05) is 22.0 Å². The van der Waals surface area contributed by atoms with Gasteiger partial charge in [-0.05, 0) is 36.4 Å². The van der Waals surface area contributed by atoms with Crippen LogP contribution in [0, 0.1) is 0 Å². The number of fused-ring (bicyclic) bond motifs is 1. The number of nitrogens with zero attached hydrogens (tertiary/aromatic N) is 3. The first kappa shape index (κ1) is 16.7. The standard InChI is InChI=1S/C19H15BrN4O2/c20-12-2-1-3-13(6-12)23-19-17-7-14(4-5-18(17)21-11-22-19)24-9-15(25)8-16(26)10-24/h1-7,11H,8-10H2,(H,21,22,23). The summed E-state index contributed by atoms with van der Waals surface area (Å²) in [6.45, 7) is 0.499. The molecule has 1 aliphatic heterocycles. The van der Waals surface area contributed by atoms with E-state index in [2.05, 4.69) is 31.2 Å². The summed E-state index contributed by atoms with van der Waals surface area (Å²) in [4.78, 5) is 34.0. The molecule has 0 spiro atoms. The Labute approximate surface area is 158 Å². The predicted molar refractivity (Wildman–Crippen MR) is 104 cm³/mol. The van der Waals surface area contributed by atoms with Gasteiger partial charge < -0.3 is 10.2 Å². The molecule has 6 nitrogen and oxygen atoms in total. The van der Waals surface area contributed by atoms with Gasteiger partial charge in [0.05, 0.1) is 25.0 Å². The molecule has 4 rings (SSSR count). The normalized spacial score (nSPS) is 14.7. The maximum absolute atomic E-state index is 11.8. The highest BCUT2D eigenvalue weighted by Crippen LogP contribution is 2.28. The van der Waals surface area contributed by atoms with Crippen molar-refractivity contribution in [3.05, 3.63) is 53.3 Å². The van der Waals surface area contributed by atoms with Crippen LogP contribution in [0.1, 0.15) is 6.42 Å². The van der Waals surface area contributed by atoms with Crippen LogP contribution < -0.4 is 10.2 Å². The molecule has 0 unspecified atom stereocenters. The van der Waals surface area contributed by atoms with E-state index in [1.807, 2.05) is 42.5 Å². The molecule has 0 saturated carbocycles. The largest absolute Gasteiger partial charge is 0.357 e. The second-order valence-corrected chi connectivity index (χ2v) is 7.08. The maximum Gasteiger partial charge on any atom is 0.159 e. The lowest BCUT2D eigenvalue weighted by Gasteiger charge is -2.27. The fourth-order valence-electron chi connectivity index (χ4n) is 3.04. The summed E-state index contributed by atoms with van der Waals surface area (Å²) < 4.78 is 0.965. The van der Waals surface area contributed by atoms with Crippen LogP contribution in [0.3, 0.4) is 0 Å². The summed E-state index contributed by atoms with van der Waals surface area (Å²) in [5.41, 5.74) is 2.50. The average molecular weight is 411 g/mol. The number of hydrogen-bond donors (Lipinski definition) is 1. The van der Waals surface area contributed by atoms with Gasteiger partial charge in [0.2, 0.25) is 0 Å². The number of halogens is 1. The molecule has 1 aromatic heterocycles. The highest BCUT2D eigenvalue weighted by molar-refractivity contribution is 9.10. The number of aromatic nitrogens is 2. The van der Waals surface area contributed by atoms with Crippen LogP contribution in [-0.4, -0.2) is 34.6 Å². The Balaban J connectivity index is 1.72. The molecular formula is C19H15BrN4O2. The van der Waals surface area contributed by atoms with Gasteiger partial charge in [0.15, 0.2) is 11.6 Å². The SMILES string of the molecule is O=C1CC(=O)CN(c2ccc3ncnc(Nc4cccc(Br)c4)c3c2)C1. The molecule has 3 aromatic rings. The number of hydrogen-bond acceptors (Lipinski definition) is 6. The van der Waals surface area contributed by atoms with Crippen LogP contribution in [0.4, 0.5) is 17.2 Å². The summed E-state index contributed by atoms with van der Waals surface area (Å²) in [6.07, 6.45) is 1.54. The van der Waals surface area contributed by atoms with E-state index in [0.29, 0.717) is 5.82 Å². The Morgan fingerprint density at radius 1 is 1.00 bits per heavy atom. The minimum atomic E-state index is -0.0573. The topological polar surface area (TPSA) is 75.2 Å². The highest BCUT2D eigenvalue weighted by atomic mass is 79.9. The molecule has 0 atom stereocenters. The third-order valence-corrected chi connectivity index (χ3v) is 4.69. The van der Waals surface area contributed by atoms with Crippen molar-refractivity contribution >= 4 is 55.6 Å². The van der Waals surface area contributed by atoms with Gasteiger partial charge in [0.25, 0.3) is 0 Å². The summed E-state index contributed by atoms with van der Waals surface area (Å²) in [5.74, 6) is 0.556. The number of benzene rings is 2. The first-order chi connectivity index (χ1) is 12.6. The van der Waals surface area contributed by atoms with Crippen molar-refractivity contribution in [3.8, 4) is 0 Å². The van der Waals surface area contributed by atoms with Crippen LogP contribution in [0.15, 0.2) is 53.3 Å². The van der Waals surface area contributed by atoms with Crippen molar-refractivity contribution < 1.29 is 9.59 Å². The van der Waals surface area contributed by atoms with Crippen molar-refractivity contribution in [2.24, 2.45) is 0 Å². The van der Waals surface area contributed by atoms with Gasteiger partial charge in [-0.15, -0.1) is 0 Å². The van der Waals surface area contributed by atoms with Crippen molar-refractivity contribution in [3.63, 3.8) is 0 Å². The van der Waals surface area contributed by atoms with Gasteiger partial charge in [-0.25, -0.2) is 9.97 Å². The van der Waals surface area contributed by atoms with E-state index in [1.165, 1.54) is 6.33 Å². The molecule has 2 aromatic carbocycles. The lowest BCUT2D eigenvalue weighted by Crippen LogP contribution is -2.41. The number of piperidine rings is 1. The van der Waals surface area contributed by atoms with E-state index in [4.69, 9.17) is 0 Å². The Morgan fingerprint density at radius 3 is 2.58 bits per heavy atom. The number of carbonyl (C=O) groups excluding carboxylic acids is 2. The number of Topliss-reactive ketones (excluding diaryl/α,β-unsaturated/α-hetero) is 2. The van der Waals surface area contributed by atoms with E-state index in [1.54, 1.807) is 4.90 Å². The second kappa shape index (κ2) is 6.84. The van der Waals surface area contributed by atoms with Gasteiger partial charge in [0, 0.05) is 21.2 Å². The number of ketones is 2. The fraction of sp³-hybridized carbons (Fsp3) is 0.158. The average Bonchev–Trinajstić information content (AvgIpc) is 2.61. The first-order valence-electron chi connectivity index (χ1n) is 8.14. The zero-order chi connectivity index (χ0) is 18.1. The van der Waals surface area contributed by atoms with Gasteiger partial charge in [-0.3, -0.25) is 9.59 Å². The molecule has 0 aliphatic carbocycles. The van der Waals surface area contributed by atoms with Gasteiger partial charge in [-0.2, -0.15) is 0 Å². The number of rotatable bonds is 3. The fourth-order valence-corrected chi connectivity index (χ4v) is 3.44. The lowest BCUT2D eigenvalue weighted by molar-refractivity contribution is -0.127. The van der Waals surface area contributed by atoms with Gasteiger partial charge in [0.1, 0.15) is 12.1 Å². The number of nitrogens with one attached hydrogen (secondary N) is 1. The summed E-state index contributed by atoms with van der Waals surface area (Å²) in [6, 6.07) is 13.5. The molecule has 0 bridgehead atoms. The van der Waals surface area contributed by atoms with Gasteiger partial charge >= 0.3 is 0 Å². The minimum Gasteiger partial charge on any atom is -0.357 e. The molecule has 130 valence electrons. The number of anilines is 3. The van der Waals surface area contributed by atoms with Crippen LogP contribution >= 0.6 is 15.9 Å². The van der Waals surface area contributed by atoms with Crippen molar-refractivity contribution in [1.29, 1.82) is 0 Å². The molecule has 1 aliphatic rings. The van der Waals surface area contributed by atoms with Crippen molar-refractivity contribution in [2.45, 2.75) is 6.42 Å². The lowest BCUT2D eigenvalue weighted by atomic mass is 10.1. The monoisotopic (exact) mass is 410 g/mol. The molecule has 1 N–H and O–H groups in total. The van der Waals surface area contributed by atoms with E-state index in [0.717, 1.165) is 26.8 Å². The molecule has 7 heteroatoms. The van der Waals surface area contributed by atoms with E-state index in [-0.39, 0.29) is 31.1 Å². The third-order valence-electron chi connectivity index (χ3n) is 4.20. The van der Waals surface area contributed by atoms with Crippen LogP contribution in [0.2, 0.25) is 0 Å². The summed E-state index contributed by atoms with van der Waals surface area (Å²) >= 11 is 3.46. The zero-order valence-electron chi connectivity index (χ0n) is 13.8. The quantitative estimate of drug-likeness (QED) is 0.666. The van der Waals surface area contributed by atoms with E-state index >= 15 is 0 Å². The summed E-state index contributed by atoms with van der Waals surface area (Å²) in [5, 5.41) is 4.13. The van der Waals surface area contributed by atoms with E-state index in [9.17, 15) is 9.59 Å². The van der Waals surface area contributed by atoms with Crippen LogP contribution in [-0.2, 0) is 9.59 Å². The molecule has 1 saturated heterocycles. The molecular weight excluding hydrogens is 396 g/mol. The maximum atomic E-state index is 11.8. The highest BCUT2D eigenvalue weighted by Gasteiger charge is 2.23. The smallest absolute Gasteiger partial charge is 0.159 e. The molecule has 0 radical (unpaired) electrons. The zero-order valence-corrected chi connectivity index (χ0v) is 15.4. The van der Waals surface area contributed by atoms with Crippen LogP contribution in [0.25, 0.3) is 10.9 Å². The minimum absolute atomic E-state index is 0.0306.